The van der Waals surface area contributed by atoms with Crippen molar-refractivity contribution < 1.29 is 0 Å². The van der Waals surface area contributed by atoms with E-state index in [4.69, 9.17) is 5.73 Å². The molecule has 20 heavy (non-hydrogen) atoms. The Kier molecular flexibility index (Phi) is 3.28. The summed E-state index contributed by atoms with van der Waals surface area (Å²) in [7, 11) is 1.90. The Morgan fingerprint density at radius 3 is 2.70 bits per heavy atom. The van der Waals surface area contributed by atoms with E-state index >= 15 is 0 Å². The fourth-order valence-electron chi connectivity index (χ4n) is 2.53. The summed E-state index contributed by atoms with van der Waals surface area (Å²) in [6.07, 6.45) is 2.61. The normalized spacial score (nSPS) is 12.9. The van der Waals surface area contributed by atoms with Crippen LogP contribution in [0.2, 0.25) is 0 Å². The highest BCUT2D eigenvalue weighted by atomic mass is 15.3. The molecule has 5 heteroatoms. The number of hydrogen-bond acceptors (Lipinski definition) is 3. The van der Waals surface area contributed by atoms with Gasteiger partial charge < -0.3 is 5.73 Å². The van der Waals surface area contributed by atoms with Gasteiger partial charge in [-0.3, -0.25) is 9.36 Å². The quantitative estimate of drug-likeness (QED) is 0.788. The third-order valence-corrected chi connectivity index (χ3v) is 3.56. The van der Waals surface area contributed by atoms with Gasteiger partial charge in [-0.25, -0.2) is 0 Å². The number of benzene rings is 1. The summed E-state index contributed by atoms with van der Waals surface area (Å²) in [4.78, 5) is 0. The molecule has 0 saturated carbocycles. The Hall–Kier alpha value is -2.14. The Morgan fingerprint density at radius 2 is 2.00 bits per heavy atom. The van der Waals surface area contributed by atoms with E-state index < -0.39 is 0 Å². The first kappa shape index (κ1) is 12.9. The lowest BCUT2D eigenvalue weighted by molar-refractivity contribution is 0.622. The number of nitrogens with zero attached hydrogens (tertiary/aromatic N) is 4. The van der Waals surface area contributed by atoms with Crippen LogP contribution in [0.1, 0.15) is 24.4 Å². The van der Waals surface area contributed by atoms with Gasteiger partial charge in [0.05, 0.1) is 22.9 Å². The van der Waals surface area contributed by atoms with E-state index in [9.17, 15) is 0 Å². The van der Waals surface area contributed by atoms with Crippen LogP contribution in [0.25, 0.3) is 10.9 Å². The molecule has 0 radical (unpaired) electrons. The van der Waals surface area contributed by atoms with Crippen LogP contribution in [0.15, 0.2) is 36.5 Å². The molecule has 104 valence electrons. The van der Waals surface area contributed by atoms with Gasteiger partial charge in [0.1, 0.15) is 0 Å². The minimum atomic E-state index is -0.125. The van der Waals surface area contributed by atoms with Gasteiger partial charge in [-0.05, 0) is 19.1 Å². The highest BCUT2D eigenvalue weighted by molar-refractivity contribution is 5.82. The molecule has 0 aliphatic carbocycles. The number of rotatable bonds is 4. The van der Waals surface area contributed by atoms with Gasteiger partial charge in [0, 0.05) is 31.6 Å². The van der Waals surface area contributed by atoms with Gasteiger partial charge in [0.15, 0.2) is 0 Å². The molecule has 2 heterocycles. The smallest absolute Gasteiger partial charge is 0.0795 e. The van der Waals surface area contributed by atoms with E-state index in [0.29, 0.717) is 6.42 Å². The lowest BCUT2D eigenvalue weighted by atomic mass is 10.1. The first-order valence-electron chi connectivity index (χ1n) is 6.88. The fraction of sp³-hybridized carbons (Fsp3) is 0.333. The van der Waals surface area contributed by atoms with Crippen molar-refractivity contribution in [2.75, 3.05) is 0 Å². The number of nitrogens with two attached hydrogens (primary N) is 1. The fourth-order valence-corrected chi connectivity index (χ4v) is 2.53. The predicted molar refractivity (Wildman–Crippen MR) is 79.2 cm³/mol. The molecule has 5 nitrogen and oxygen atoms in total. The van der Waals surface area contributed by atoms with Crippen LogP contribution in [-0.2, 0) is 20.0 Å². The molecule has 2 N–H and O–H groups in total. The maximum absolute atomic E-state index is 6.26. The molecule has 0 spiro atoms. The maximum Gasteiger partial charge on any atom is 0.0795 e. The third kappa shape index (κ3) is 2.20. The van der Waals surface area contributed by atoms with Crippen LogP contribution < -0.4 is 5.73 Å². The second kappa shape index (κ2) is 5.09. The van der Waals surface area contributed by atoms with Crippen molar-refractivity contribution in [3.05, 3.63) is 47.9 Å². The molecule has 0 fully saturated rings. The van der Waals surface area contributed by atoms with Crippen LogP contribution >= 0.6 is 0 Å². The van der Waals surface area contributed by atoms with Crippen molar-refractivity contribution >= 4 is 10.9 Å². The lowest BCUT2D eigenvalue weighted by Crippen LogP contribution is -2.15. The number of fused-ring (bicyclic) bond motifs is 1. The summed E-state index contributed by atoms with van der Waals surface area (Å²) < 4.78 is 3.80. The molecule has 0 saturated heterocycles. The molecule has 1 aromatic carbocycles. The number of aromatic nitrogens is 4. The summed E-state index contributed by atoms with van der Waals surface area (Å²) in [5, 5.41) is 10.2. The van der Waals surface area contributed by atoms with E-state index in [2.05, 4.69) is 29.3 Å². The number of para-hydroxylation sites is 1. The lowest BCUT2D eigenvalue weighted by Gasteiger charge is -2.06. The summed E-state index contributed by atoms with van der Waals surface area (Å²) in [5.41, 5.74) is 9.37. The van der Waals surface area contributed by atoms with Crippen molar-refractivity contribution in [1.29, 1.82) is 0 Å². The third-order valence-electron chi connectivity index (χ3n) is 3.56. The van der Waals surface area contributed by atoms with Crippen LogP contribution in [0.4, 0.5) is 0 Å². The molecule has 0 aliphatic rings. The molecule has 3 rings (SSSR count). The summed E-state index contributed by atoms with van der Waals surface area (Å²) >= 11 is 0. The average Bonchev–Trinajstić information content (AvgIpc) is 3.03. The Labute approximate surface area is 118 Å². The zero-order valence-electron chi connectivity index (χ0n) is 11.8. The SMILES string of the molecule is CCn1nc(CC(N)c2ccn(C)n2)c2ccccc21. The molecule has 0 amide bonds. The van der Waals surface area contributed by atoms with Crippen molar-refractivity contribution in [3.8, 4) is 0 Å². The Balaban J connectivity index is 1.94. The van der Waals surface area contributed by atoms with Crippen molar-refractivity contribution in [1.82, 2.24) is 19.6 Å². The summed E-state index contributed by atoms with van der Waals surface area (Å²) in [5.74, 6) is 0. The van der Waals surface area contributed by atoms with E-state index in [0.717, 1.165) is 17.9 Å². The molecule has 1 unspecified atom stereocenters. The zero-order valence-corrected chi connectivity index (χ0v) is 11.8. The molecule has 1 atom stereocenters. The van der Waals surface area contributed by atoms with Crippen LogP contribution in [0.3, 0.4) is 0 Å². The van der Waals surface area contributed by atoms with Crippen LogP contribution in [-0.4, -0.2) is 19.6 Å². The molecule has 0 aliphatic heterocycles. The van der Waals surface area contributed by atoms with Crippen molar-refractivity contribution in [2.24, 2.45) is 12.8 Å². The van der Waals surface area contributed by atoms with E-state index in [1.165, 1.54) is 10.9 Å². The topological polar surface area (TPSA) is 61.7 Å². The molecular formula is C15H19N5. The van der Waals surface area contributed by atoms with E-state index in [1.807, 2.05) is 36.1 Å². The van der Waals surface area contributed by atoms with Gasteiger partial charge in [-0.2, -0.15) is 10.2 Å². The van der Waals surface area contributed by atoms with Gasteiger partial charge in [-0.15, -0.1) is 0 Å². The van der Waals surface area contributed by atoms with Crippen LogP contribution in [0.5, 0.6) is 0 Å². The molecular weight excluding hydrogens is 250 g/mol. The van der Waals surface area contributed by atoms with E-state index in [-0.39, 0.29) is 6.04 Å². The van der Waals surface area contributed by atoms with Crippen molar-refractivity contribution in [2.45, 2.75) is 25.9 Å². The minimum absolute atomic E-state index is 0.125. The predicted octanol–water partition coefficient (Wildman–Crippen LogP) is 2.03. The second-order valence-corrected chi connectivity index (χ2v) is 5.00. The molecule has 2 aromatic heterocycles. The van der Waals surface area contributed by atoms with Gasteiger partial charge in [0.2, 0.25) is 0 Å². The van der Waals surface area contributed by atoms with Gasteiger partial charge >= 0.3 is 0 Å². The summed E-state index contributed by atoms with van der Waals surface area (Å²) in [6, 6.07) is 10.1. The van der Waals surface area contributed by atoms with Gasteiger partial charge in [-0.1, -0.05) is 18.2 Å². The minimum Gasteiger partial charge on any atom is -0.322 e. The van der Waals surface area contributed by atoms with Crippen molar-refractivity contribution in [3.63, 3.8) is 0 Å². The van der Waals surface area contributed by atoms with Crippen LogP contribution in [0, 0.1) is 0 Å². The first-order chi connectivity index (χ1) is 9.69. The van der Waals surface area contributed by atoms with E-state index in [1.54, 1.807) is 4.68 Å². The number of aryl methyl sites for hydroxylation is 2. The average molecular weight is 269 g/mol. The summed E-state index contributed by atoms with van der Waals surface area (Å²) in [6.45, 7) is 2.96. The largest absolute Gasteiger partial charge is 0.322 e. The Bertz CT molecular complexity index is 725. The van der Waals surface area contributed by atoms with Gasteiger partial charge in [0.25, 0.3) is 0 Å². The standard InChI is InChI=1S/C15H19N5/c1-3-20-15-7-5-4-6-11(15)14(18-20)10-12(16)13-8-9-19(2)17-13/h4-9,12H,3,10,16H2,1-2H3. The maximum atomic E-state index is 6.26. The highest BCUT2D eigenvalue weighted by Gasteiger charge is 2.15. The monoisotopic (exact) mass is 269 g/mol. The second-order valence-electron chi connectivity index (χ2n) is 5.00. The first-order valence-corrected chi connectivity index (χ1v) is 6.88. The molecule has 0 bridgehead atoms. The number of hydrogen-bond donors (Lipinski definition) is 1. The molecule has 3 aromatic rings. The zero-order chi connectivity index (χ0) is 14.1. The Morgan fingerprint density at radius 1 is 1.20 bits per heavy atom. The highest BCUT2D eigenvalue weighted by Crippen LogP contribution is 2.22.